The van der Waals surface area contributed by atoms with Gasteiger partial charge < -0.3 is 11.1 Å². The summed E-state index contributed by atoms with van der Waals surface area (Å²) in [5, 5.41) is 6.04. The van der Waals surface area contributed by atoms with Crippen LogP contribution in [0, 0.1) is 13.8 Å². The van der Waals surface area contributed by atoms with Crippen LogP contribution in [0.25, 0.3) is 16.5 Å². The van der Waals surface area contributed by atoms with Gasteiger partial charge in [0.1, 0.15) is 0 Å². The van der Waals surface area contributed by atoms with Crippen molar-refractivity contribution in [3.05, 3.63) is 112 Å². The third-order valence-corrected chi connectivity index (χ3v) is 5.71. The van der Waals surface area contributed by atoms with Gasteiger partial charge in [-0.1, -0.05) is 48.5 Å². The zero-order chi connectivity index (χ0) is 21.8. The van der Waals surface area contributed by atoms with Crippen molar-refractivity contribution in [1.29, 1.82) is 0 Å². The van der Waals surface area contributed by atoms with E-state index in [2.05, 4.69) is 53.8 Å². The lowest BCUT2D eigenvalue weighted by molar-refractivity contribution is 0.515. The van der Waals surface area contributed by atoms with Crippen molar-refractivity contribution >= 4 is 10.8 Å². The highest BCUT2D eigenvalue weighted by Gasteiger charge is 2.11. The molecule has 1 unspecified atom stereocenters. The molecule has 3 N–H and O–H groups in total. The quantitative estimate of drug-likeness (QED) is 0.478. The van der Waals surface area contributed by atoms with Gasteiger partial charge in [0.2, 0.25) is 0 Å². The summed E-state index contributed by atoms with van der Waals surface area (Å²) in [4.78, 5) is 12.9. The van der Waals surface area contributed by atoms with Crippen molar-refractivity contribution in [3.63, 3.8) is 0 Å². The van der Waals surface area contributed by atoms with Crippen LogP contribution in [0.4, 0.5) is 0 Å². The third-order valence-electron chi connectivity index (χ3n) is 5.71. The van der Waals surface area contributed by atoms with Crippen molar-refractivity contribution in [1.82, 2.24) is 9.88 Å². The van der Waals surface area contributed by atoms with Crippen molar-refractivity contribution in [2.45, 2.75) is 32.9 Å². The largest absolute Gasteiger partial charge is 0.329 e. The first-order valence-electron chi connectivity index (χ1n) is 10.7. The maximum atomic E-state index is 12.9. The molecule has 0 amide bonds. The van der Waals surface area contributed by atoms with Gasteiger partial charge in [-0.15, -0.1) is 0 Å². The predicted molar refractivity (Wildman–Crippen MR) is 129 cm³/mol. The van der Waals surface area contributed by atoms with Crippen molar-refractivity contribution in [2.75, 3.05) is 6.54 Å². The number of aryl methyl sites for hydroxylation is 2. The predicted octanol–water partition coefficient (Wildman–Crippen LogP) is 4.27. The van der Waals surface area contributed by atoms with Crippen molar-refractivity contribution in [2.24, 2.45) is 5.73 Å². The second kappa shape index (κ2) is 9.29. The van der Waals surface area contributed by atoms with Gasteiger partial charge in [-0.05, 0) is 72.0 Å². The van der Waals surface area contributed by atoms with E-state index in [9.17, 15) is 4.79 Å². The average Bonchev–Trinajstić information content (AvgIpc) is 2.76. The van der Waals surface area contributed by atoms with Crippen LogP contribution in [0.1, 0.15) is 22.4 Å². The second-order valence-corrected chi connectivity index (χ2v) is 8.22. The molecule has 0 saturated carbocycles. The summed E-state index contributed by atoms with van der Waals surface area (Å²) in [6, 6.07) is 26.8. The molecule has 0 saturated heterocycles. The molecule has 0 fully saturated rings. The zero-order valence-corrected chi connectivity index (χ0v) is 18.1. The van der Waals surface area contributed by atoms with Gasteiger partial charge in [0.15, 0.2) is 0 Å². The summed E-state index contributed by atoms with van der Waals surface area (Å²) in [6.07, 6.45) is 0.717. The highest BCUT2D eigenvalue weighted by Crippen LogP contribution is 2.16. The Kier molecular flexibility index (Phi) is 6.31. The van der Waals surface area contributed by atoms with Gasteiger partial charge in [-0.3, -0.25) is 9.36 Å². The Morgan fingerprint density at radius 3 is 2.42 bits per heavy atom. The van der Waals surface area contributed by atoms with Gasteiger partial charge in [-0.25, -0.2) is 0 Å². The molecule has 158 valence electrons. The van der Waals surface area contributed by atoms with Gasteiger partial charge in [-0.2, -0.15) is 0 Å². The SMILES string of the molecule is Cc1cccc(-n2c(C)cc(CC(CN)NCc3ccc4ccccc4c3)cc2=O)c1. The molecular formula is C27H29N3O. The number of aromatic nitrogens is 1. The third kappa shape index (κ3) is 4.93. The molecule has 0 aliphatic rings. The summed E-state index contributed by atoms with van der Waals surface area (Å²) in [5.74, 6) is 0. The number of hydrogen-bond donors (Lipinski definition) is 2. The van der Waals surface area contributed by atoms with Crippen LogP contribution in [-0.4, -0.2) is 17.2 Å². The van der Waals surface area contributed by atoms with Crippen LogP contribution in [0.5, 0.6) is 0 Å². The molecule has 0 aliphatic heterocycles. The maximum absolute atomic E-state index is 12.9. The van der Waals surface area contributed by atoms with E-state index in [1.807, 2.05) is 38.1 Å². The number of benzene rings is 3. The number of fused-ring (bicyclic) bond motifs is 1. The molecule has 31 heavy (non-hydrogen) atoms. The Hall–Kier alpha value is -3.21. The van der Waals surface area contributed by atoms with E-state index in [4.69, 9.17) is 5.73 Å². The van der Waals surface area contributed by atoms with Crippen molar-refractivity contribution < 1.29 is 0 Å². The highest BCUT2D eigenvalue weighted by molar-refractivity contribution is 5.82. The summed E-state index contributed by atoms with van der Waals surface area (Å²) in [5.41, 5.74) is 11.2. The van der Waals surface area contributed by atoms with Crippen LogP contribution in [0.2, 0.25) is 0 Å². The van der Waals surface area contributed by atoms with E-state index in [0.29, 0.717) is 6.54 Å². The highest BCUT2D eigenvalue weighted by atomic mass is 16.1. The Labute approximate surface area is 183 Å². The molecule has 0 radical (unpaired) electrons. The lowest BCUT2D eigenvalue weighted by atomic mass is 10.0. The molecule has 0 bridgehead atoms. The van der Waals surface area contributed by atoms with Crippen LogP contribution < -0.4 is 16.6 Å². The van der Waals surface area contributed by atoms with Crippen molar-refractivity contribution in [3.8, 4) is 5.69 Å². The first-order chi connectivity index (χ1) is 15.0. The monoisotopic (exact) mass is 411 g/mol. The number of nitrogens with one attached hydrogen (secondary N) is 1. The van der Waals surface area contributed by atoms with Gasteiger partial charge in [0.25, 0.3) is 5.56 Å². The molecule has 4 heteroatoms. The minimum Gasteiger partial charge on any atom is -0.329 e. The average molecular weight is 412 g/mol. The molecule has 3 aromatic carbocycles. The Morgan fingerprint density at radius 1 is 0.871 bits per heavy atom. The van der Waals surface area contributed by atoms with E-state index < -0.39 is 0 Å². The van der Waals surface area contributed by atoms with E-state index >= 15 is 0 Å². The van der Waals surface area contributed by atoms with Crippen LogP contribution in [0.15, 0.2) is 83.7 Å². The number of pyridine rings is 1. The normalized spacial score (nSPS) is 12.2. The molecule has 4 aromatic rings. The Bertz CT molecular complexity index is 1260. The smallest absolute Gasteiger partial charge is 0.255 e. The molecule has 1 atom stereocenters. The first kappa shape index (κ1) is 21.0. The van der Waals surface area contributed by atoms with Gasteiger partial charge in [0, 0.05) is 36.6 Å². The van der Waals surface area contributed by atoms with Crippen LogP contribution in [-0.2, 0) is 13.0 Å². The number of hydrogen-bond acceptors (Lipinski definition) is 3. The number of rotatable bonds is 7. The molecular weight excluding hydrogens is 382 g/mol. The fraction of sp³-hybridized carbons (Fsp3) is 0.222. The first-order valence-corrected chi connectivity index (χ1v) is 10.7. The minimum absolute atomic E-state index is 0.00843. The molecule has 4 rings (SSSR count). The fourth-order valence-electron chi connectivity index (χ4n) is 4.12. The van der Waals surface area contributed by atoms with E-state index in [1.165, 1.54) is 16.3 Å². The van der Waals surface area contributed by atoms with Crippen LogP contribution in [0.3, 0.4) is 0 Å². The summed E-state index contributed by atoms with van der Waals surface area (Å²) in [6.45, 7) is 5.26. The second-order valence-electron chi connectivity index (χ2n) is 8.22. The lowest BCUT2D eigenvalue weighted by Gasteiger charge is -2.19. The van der Waals surface area contributed by atoms with E-state index in [-0.39, 0.29) is 11.6 Å². The lowest BCUT2D eigenvalue weighted by Crippen LogP contribution is -2.37. The zero-order valence-electron chi connectivity index (χ0n) is 18.1. The summed E-state index contributed by atoms with van der Waals surface area (Å²) >= 11 is 0. The minimum atomic E-state index is -0.00843. The molecule has 0 aliphatic carbocycles. The summed E-state index contributed by atoms with van der Waals surface area (Å²) in [7, 11) is 0. The van der Waals surface area contributed by atoms with Gasteiger partial charge >= 0.3 is 0 Å². The number of nitrogens with two attached hydrogens (primary N) is 1. The Balaban J connectivity index is 1.48. The van der Waals surface area contributed by atoms with Gasteiger partial charge in [0.05, 0.1) is 0 Å². The molecule has 4 nitrogen and oxygen atoms in total. The fourth-order valence-corrected chi connectivity index (χ4v) is 4.12. The topological polar surface area (TPSA) is 60.0 Å². The van der Waals surface area contributed by atoms with Crippen LogP contribution >= 0.6 is 0 Å². The molecule has 1 heterocycles. The summed E-state index contributed by atoms with van der Waals surface area (Å²) < 4.78 is 1.76. The van der Waals surface area contributed by atoms with E-state index in [1.54, 1.807) is 10.6 Å². The maximum Gasteiger partial charge on any atom is 0.255 e. The number of nitrogens with zero attached hydrogens (tertiary/aromatic N) is 1. The Morgan fingerprint density at radius 2 is 1.68 bits per heavy atom. The molecule has 0 spiro atoms. The standard InChI is InChI=1S/C27H29N3O/c1-19-6-5-9-26(12-19)30-20(2)13-22(16-27(30)31)15-25(17-28)29-18-21-10-11-23-7-3-4-8-24(23)14-21/h3-14,16,25,29H,15,17-18,28H2,1-2H3. The van der Waals surface area contributed by atoms with E-state index in [0.717, 1.165) is 35.5 Å². The molecule has 1 aromatic heterocycles.